The maximum atomic E-state index is 10.9. The zero-order valence-corrected chi connectivity index (χ0v) is 12.3. The fraction of sp³-hybridized carbons (Fsp3) is 0. The normalized spacial score (nSPS) is 10.7. The number of oxazole rings is 1. The number of carboxylic acid groups (broad SMARTS) is 1. The van der Waals surface area contributed by atoms with Crippen LogP contribution in [0.1, 0.15) is 10.4 Å². The van der Waals surface area contributed by atoms with E-state index in [9.17, 15) is 4.79 Å². The van der Waals surface area contributed by atoms with Gasteiger partial charge in [0.25, 0.3) is 6.01 Å². The van der Waals surface area contributed by atoms with E-state index >= 15 is 0 Å². The average Bonchev–Trinajstić information content (AvgIpc) is 2.82. The van der Waals surface area contributed by atoms with Crippen molar-refractivity contribution < 1.29 is 14.3 Å². The second kappa shape index (κ2) is 5.12. The molecule has 0 saturated carbocycles. The standard InChI is InChI=1S/C14H9IN2O3/c15-9-2-4-10(5-3-9)16-14-17-11-6-1-8(13(18)19)7-12(11)20-14/h1-7H,(H,16,17)(H,18,19). The molecule has 0 aliphatic rings. The Morgan fingerprint density at radius 2 is 1.95 bits per heavy atom. The first kappa shape index (κ1) is 12.9. The molecule has 5 nitrogen and oxygen atoms in total. The molecule has 0 fully saturated rings. The number of nitrogens with zero attached hydrogens (tertiary/aromatic N) is 1. The van der Waals surface area contributed by atoms with Crippen LogP contribution in [0.15, 0.2) is 46.9 Å². The molecule has 3 aromatic rings. The molecule has 2 aromatic carbocycles. The van der Waals surface area contributed by atoms with Crippen LogP contribution in [0.25, 0.3) is 11.1 Å². The SMILES string of the molecule is O=C(O)c1ccc2nc(Nc3ccc(I)cc3)oc2c1. The lowest BCUT2D eigenvalue weighted by Crippen LogP contribution is -1.94. The molecule has 3 rings (SSSR count). The van der Waals surface area contributed by atoms with Crippen molar-refractivity contribution in [2.75, 3.05) is 5.32 Å². The molecule has 6 heteroatoms. The van der Waals surface area contributed by atoms with Crippen molar-refractivity contribution in [1.29, 1.82) is 0 Å². The number of nitrogens with one attached hydrogen (secondary N) is 1. The maximum Gasteiger partial charge on any atom is 0.335 e. The van der Waals surface area contributed by atoms with E-state index in [0.717, 1.165) is 9.26 Å². The van der Waals surface area contributed by atoms with Crippen LogP contribution in [0.3, 0.4) is 0 Å². The predicted octanol–water partition coefficient (Wildman–Crippen LogP) is 3.87. The van der Waals surface area contributed by atoms with Gasteiger partial charge in [-0.15, -0.1) is 0 Å². The van der Waals surface area contributed by atoms with Crippen molar-refractivity contribution in [3.05, 3.63) is 51.6 Å². The van der Waals surface area contributed by atoms with Crippen LogP contribution in [0.4, 0.5) is 11.7 Å². The third-order valence-corrected chi connectivity index (χ3v) is 3.45. The molecule has 0 aliphatic carbocycles. The van der Waals surface area contributed by atoms with Gasteiger partial charge in [-0.3, -0.25) is 0 Å². The highest BCUT2D eigenvalue weighted by Gasteiger charge is 2.09. The Bertz CT molecular complexity index is 781. The summed E-state index contributed by atoms with van der Waals surface area (Å²) < 4.78 is 6.64. The van der Waals surface area contributed by atoms with Crippen LogP contribution in [-0.4, -0.2) is 16.1 Å². The van der Waals surface area contributed by atoms with Crippen molar-refractivity contribution in [1.82, 2.24) is 4.98 Å². The van der Waals surface area contributed by atoms with Crippen molar-refractivity contribution in [2.24, 2.45) is 0 Å². The zero-order chi connectivity index (χ0) is 14.1. The lowest BCUT2D eigenvalue weighted by Gasteiger charge is -2.00. The number of fused-ring (bicyclic) bond motifs is 1. The molecule has 0 bridgehead atoms. The van der Waals surface area contributed by atoms with Gasteiger partial charge in [-0.2, -0.15) is 4.98 Å². The summed E-state index contributed by atoms with van der Waals surface area (Å²) in [5.41, 5.74) is 2.09. The fourth-order valence-electron chi connectivity index (χ4n) is 1.77. The number of anilines is 2. The molecular formula is C14H9IN2O3. The molecule has 1 heterocycles. The van der Waals surface area contributed by atoms with Crippen molar-refractivity contribution in [3.63, 3.8) is 0 Å². The summed E-state index contributed by atoms with van der Waals surface area (Å²) in [6, 6.07) is 12.7. The van der Waals surface area contributed by atoms with Gasteiger partial charge in [0.15, 0.2) is 5.58 Å². The largest absolute Gasteiger partial charge is 0.478 e. The summed E-state index contributed by atoms with van der Waals surface area (Å²) in [5.74, 6) is -0.990. The molecular weight excluding hydrogens is 371 g/mol. The number of hydrogen-bond acceptors (Lipinski definition) is 4. The third kappa shape index (κ3) is 2.60. The Morgan fingerprint density at radius 3 is 2.65 bits per heavy atom. The minimum absolute atomic E-state index is 0.175. The van der Waals surface area contributed by atoms with Crippen LogP contribution < -0.4 is 5.32 Å². The van der Waals surface area contributed by atoms with Crippen molar-refractivity contribution >= 4 is 51.4 Å². The van der Waals surface area contributed by atoms with Crippen LogP contribution >= 0.6 is 22.6 Å². The number of halogens is 1. The molecule has 0 radical (unpaired) electrons. The molecule has 20 heavy (non-hydrogen) atoms. The number of carboxylic acids is 1. The summed E-state index contributed by atoms with van der Waals surface area (Å²) in [7, 11) is 0. The summed E-state index contributed by atoms with van der Waals surface area (Å²) in [4.78, 5) is 15.2. The number of benzene rings is 2. The Kier molecular flexibility index (Phi) is 3.31. The van der Waals surface area contributed by atoms with Gasteiger partial charge in [-0.25, -0.2) is 4.79 Å². The smallest absolute Gasteiger partial charge is 0.335 e. The highest BCUT2D eigenvalue weighted by atomic mass is 127. The van der Waals surface area contributed by atoms with E-state index in [2.05, 4.69) is 32.9 Å². The summed E-state index contributed by atoms with van der Waals surface area (Å²) in [5, 5.41) is 12.0. The number of hydrogen-bond donors (Lipinski definition) is 2. The number of aromatic nitrogens is 1. The third-order valence-electron chi connectivity index (χ3n) is 2.73. The van der Waals surface area contributed by atoms with E-state index in [4.69, 9.17) is 9.52 Å². The number of carbonyl (C=O) groups is 1. The first-order valence-corrected chi connectivity index (χ1v) is 6.86. The highest BCUT2D eigenvalue weighted by molar-refractivity contribution is 14.1. The molecule has 0 spiro atoms. The van der Waals surface area contributed by atoms with Crippen LogP contribution in [0, 0.1) is 3.57 Å². The van der Waals surface area contributed by atoms with E-state index in [1.165, 1.54) is 12.1 Å². The summed E-state index contributed by atoms with van der Waals surface area (Å²) in [6.45, 7) is 0. The minimum atomic E-state index is -0.990. The first-order valence-electron chi connectivity index (χ1n) is 5.78. The van der Waals surface area contributed by atoms with E-state index < -0.39 is 5.97 Å². The van der Waals surface area contributed by atoms with Crippen molar-refractivity contribution in [3.8, 4) is 0 Å². The summed E-state index contributed by atoms with van der Waals surface area (Å²) in [6.07, 6.45) is 0. The van der Waals surface area contributed by atoms with Crippen LogP contribution in [0.5, 0.6) is 0 Å². The second-order valence-corrected chi connectivity index (χ2v) is 5.38. The fourth-order valence-corrected chi connectivity index (χ4v) is 2.13. The molecule has 0 unspecified atom stereocenters. The molecule has 100 valence electrons. The van der Waals surface area contributed by atoms with Gasteiger partial charge in [0.2, 0.25) is 0 Å². The Labute approximate surface area is 127 Å². The van der Waals surface area contributed by atoms with Gasteiger partial charge >= 0.3 is 5.97 Å². The van der Waals surface area contributed by atoms with Gasteiger partial charge in [-0.05, 0) is 65.1 Å². The van der Waals surface area contributed by atoms with E-state index in [-0.39, 0.29) is 5.56 Å². The van der Waals surface area contributed by atoms with Gasteiger partial charge in [0.1, 0.15) is 5.52 Å². The highest BCUT2D eigenvalue weighted by Crippen LogP contribution is 2.23. The predicted molar refractivity (Wildman–Crippen MR) is 83.4 cm³/mol. The lowest BCUT2D eigenvalue weighted by molar-refractivity contribution is 0.0697. The molecule has 0 atom stereocenters. The monoisotopic (exact) mass is 380 g/mol. The van der Waals surface area contributed by atoms with Gasteiger partial charge in [0.05, 0.1) is 5.56 Å². The molecule has 0 saturated heterocycles. The number of aromatic carboxylic acids is 1. The van der Waals surface area contributed by atoms with Crippen molar-refractivity contribution in [2.45, 2.75) is 0 Å². The van der Waals surface area contributed by atoms with Gasteiger partial charge < -0.3 is 14.8 Å². The Morgan fingerprint density at radius 1 is 1.20 bits per heavy atom. The topological polar surface area (TPSA) is 75.4 Å². The van der Waals surface area contributed by atoms with E-state index in [0.29, 0.717) is 17.1 Å². The Hall–Kier alpha value is -2.09. The first-order chi connectivity index (χ1) is 9.61. The van der Waals surface area contributed by atoms with Crippen LogP contribution in [0.2, 0.25) is 0 Å². The Balaban J connectivity index is 1.92. The van der Waals surface area contributed by atoms with E-state index in [1.807, 2.05) is 24.3 Å². The zero-order valence-electron chi connectivity index (χ0n) is 10.1. The molecule has 0 amide bonds. The molecule has 1 aromatic heterocycles. The quantitative estimate of drug-likeness (QED) is 0.675. The maximum absolute atomic E-state index is 10.9. The second-order valence-electron chi connectivity index (χ2n) is 4.14. The van der Waals surface area contributed by atoms with Crippen LogP contribution in [-0.2, 0) is 0 Å². The molecule has 0 aliphatic heterocycles. The molecule has 2 N–H and O–H groups in total. The van der Waals surface area contributed by atoms with Gasteiger partial charge in [0, 0.05) is 9.26 Å². The van der Waals surface area contributed by atoms with E-state index in [1.54, 1.807) is 6.07 Å². The van der Waals surface area contributed by atoms with Gasteiger partial charge in [-0.1, -0.05) is 0 Å². The lowest BCUT2D eigenvalue weighted by atomic mass is 10.2. The summed E-state index contributed by atoms with van der Waals surface area (Å²) >= 11 is 2.23. The average molecular weight is 380 g/mol. The number of rotatable bonds is 3. The minimum Gasteiger partial charge on any atom is -0.478 e.